The van der Waals surface area contributed by atoms with Crippen LogP contribution in [0.4, 0.5) is 18.9 Å². The second-order valence-electron chi connectivity index (χ2n) is 6.65. The maximum Gasteiger partial charge on any atom is 0.405 e. The first-order valence-corrected chi connectivity index (χ1v) is 11.8. The summed E-state index contributed by atoms with van der Waals surface area (Å²) in [5, 5.41) is 1.69. The number of nitrogens with zero attached hydrogens (tertiary/aromatic N) is 1. The average molecular weight is 477 g/mol. The summed E-state index contributed by atoms with van der Waals surface area (Å²) in [5.74, 6) is -1.06. The molecule has 0 aliphatic carbocycles. The molecular weight excluding hydrogens is 459 g/mol. The van der Waals surface area contributed by atoms with Crippen molar-refractivity contribution < 1.29 is 34.8 Å². The first-order valence-electron chi connectivity index (χ1n) is 8.89. The third-order valence-corrected chi connectivity index (χ3v) is 7.84. The van der Waals surface area contributed by atoms with E-state index >= 15 is 0 Å². The van der Waals surface area contributed by atoms with Crippen LogP contribution in [0.2, 0.25) is 0 Å². The van der Waals surface area contributed by atoms with Gasteiger partial charge < -0.3 is 5.32 Å². The number of alkyl halides is 3. The minimum atomic E-state index is -4.60. The Morgan fingerprint density at radius 3 is 2.42 bits per heavy atom. The van der Waals surface area contributed by atoms with Crippen LogP contribution >= 0.6 is 0 Å². The highest BCUT2D eigenvalue weighted by Gasteiger charge is 2.32. The maximum absolute atomic E-state index is 13.1. The summed E-state index contributed by atoms with van der Waals surface area (Å²) in [6, 6.07) is 8.74. The number of sulfonamides is 2. The zero-order chi connectivity index (χ0) is 23.0. The fraction of sp³-hybridized carbons (Fsp3) is 0.278. The van der Waals surface area contributed by atoms with Gasteiger partial charge in [-0.25, -0.2) is 21.6 Å². The first kappa shape index (κ1) is 23.0. The Labute approximate surface area is 177 Å². The lowest BCUT2D eigenvalue weighted by Crippen LogP contribution is -2.34. The van der Waals surface area contributed by atoms with Crippen molar-refractivity contribution in [1.29, 1.82) is 0 Å². The van der Waals surface area contributed by atoms with E-state index in [9.17, 15) is 34.8 Å². The minimum Gasteiger partial charge on any atom is -0.343 e. The van der Waals surface area contributed by atoms with E-state index in [1.54, 1.807) is 5.32 Å². The number of fused-ring (bicyclic) bond motifs is 1. The highest BCUT2D eigenvalue weighted by Crippen LogP contribution is 2.34. The molecule has 0 saturated heterocycles. The van der Waals surface area contributed by atoms with Crippen molar-refractivity contribution in [3.63, 3.8) is 0 Å². The molecule has 0 spiro atoms. The molecule has 1 aliphatic rings. The van der Waals surface area contributed by atoms with E-state index < -0.39 is 38.7 Å². The Hall–Kier alpha value is -2.64. The fourth-order valence-corrected chi connectivity index (χ4v) is 5.42. The van der Waals surface area contributed by atoms with Crippen molar-refractivity contribution in [1.82, 2.24) is 10.0 Å². The van der Waals surface area contributed by atoms with Gasteiger partial charge in [0.25, 0.3) is 15.9 Å². The summed E-state index contributed by atoms with van der Waals surface area (Å²) in [6.07, 6.45) is -4.33. The van der Waals surface area contributed by atoms with Gasteiger partial charge in [-0.1, -0.05) is 6.07 Å². The number of nitrogens with one attached hydrogen (secondary N) is 2. The van der Waals surface area contributed by atoms with Gasteiger partial charge in [-0.2, -0.15) is 13.2 Å². The van der Waals surface area contributed by atoms with Crippen LogP contribution < -0.4 is 14.3 Å². The minimum absolute atomic E-state index is 0.00340. The molecule has 0 aromatic heterocycles. The lowest BCUT2D eigenvalue weighted by molar-refractivity contribution is -0.123. The number of rotatable bonds is 6. The summed E-state index contributed by atoms with van der Waals surface area (Å²) in [4.78, 5) is 11.7. The number of hydrogen-bond acceptors (Lipinski definition) is 5. The van der Waals surface area contributed by atoms with Crippen LogP contribution in [0.1, 0.15) is 15.9 Å². The molecule has 168 valence electrons. The van der Waals surface area contributed by atoms with Gasteiger partial charge in [0.1, 0.15) is 6.54 Å². The fourth-order valence-electron chi connectivity index (χ4n) is 3.09. The van der Waals surface area contributed by atoms with E-state index in [1.165, 1.54) is 43.4 Å². The van der Waals surface area contributed by atoms with Gasteiger partial charge in [0, 0.05) is 12.1 Å². The molecule has 0 radical (unpaired) electrons. The van der Waals surface area contributed by atoms with Crippen molar-refractivity contribution >= 4 is 31.6 Å². The molecule has 2 N–H and O–H groups in total. The van der Waals surface area contributed by atoms with Gasteiger partial charge in [-0.05, 0) is 55.4 Å². The second-order valence-corrected chi connectivity index (χ2v) is 10.4. The highest BCUT2D eigenvalue weighted by atomic mass is 32.2. The van der Waals surface area contributed by atoms with Crippen LogP contribution in [0, 0.1) is 0 Å². The molecule has 0 fully saturated rings. The molecule has 0 saturated carbocycles. The standard InChI is InChI=1S/C18H18F3N3O5S2/c1-22-30(26,27)14-5-6-16-12(9-14)7-8-24(16)31(28,29)15-4-2-3-13(10-15)17(25)23-11-18(19,20)21/h2-6,9-10,22H,7-8,11H2,1H3,(H,23,25). The number of carbonyl (C=O) groups excluding carboxylic acids is 1. The smallest absolute Gasteiger partial charge is 0.343 e. The Bertz CT molecular complexity index is 1230. The molecule has 31 heavy (non-hydrogen) atoms. The van der Waals surface area contributed by atoms with Gasteiger partial charge in [-0.3, -0.25) is 9.10 Å². The number of benzene rings is 2. The molecule has 1 aliphatic heterocycles. The molecule has 2 aromatic rings. The third kappa shape index (κ3) is 4.83. The van der Waals surface area contributed by atoms with E-state index in [0.717, 1.165) is 10.4 Å². The Balaban J connectivity index is 1.90. The zero-order valence-electron chi connectivity index (χ0n) is 16.1. The predicted octanol–water partition coefficient (Wildman–Crippen LogP) is 1.64. The van der Waals surface area contributed by atoms with Gasteiger partial charge in [-0.15, -0.1) is 0 Å². The largest absolute Gasteiger partial charge is 0.405 e. The summed E-state index contributed by atoms with van der Waals surface area (Å²) in [7, 11) is -6.58. The molecule has 0 unspecified atom stereocenters. The van der Waals surface area contributed by atoms with E-state index in [-0.39, 0.29) is 28.3 Å². The van der Waals surface area contributed by atoms with Crippen molar-refractivity contribution in [2.24, 2.45) is 0 Å². The number of halogens is 3. The van der Waals surface area contributed by atoms with Gasteiger partial charge in [0.2, 0.25) is 10.0 Å². The lowest BCUT2D eigenvalue weighted by atomic mass is 10.2. The van der Waals surface area contributed by atoms with Crippen molar-refractivity contribution in [2.75, 3.05) is 24.4 Å². The molecule has 3 rings (SSSR count). The Morgan fingerprint density at radius 1 is 1.06 bits per heavy atom. The summed E-state index contributed by atoms with van der Waals surface area (Å²) < 4.78 is 90.3. The molecule has 0 atom stereocenters. The monoisotopic (exact) mass is 477 g/mol. The molecule has 8 nitrogen and oxygen atoms in total. The van der Waals surface area contributed by atoms with E-state index in [0.29, 0.717) is 11.3 Å². The SMILES string of the molecule is CNS(=O)(=O)c1ccc2c(c1)CCN2S(=O)(=O)c1cccc(C(=O)NCC(F)(F)F)c1. The van der Waals surface area contributed by atoms with Crippen molar-refractivity contribution in [3.8, 4) is 0 Å². The zero-order valence-corrected chi connectivity index (χ0v) is 17.7. The van der Waals surface area contributed by atoms with E-state index in [2.05, 4.69) is 4.72 Å². The predicted molar refractivity (Wildman–Crippen MR) is 106 cm³/mol. The van der Waals surface area contributed by atoms with Crippen LogP contribution in [0.25, 0.3) is 0 Å². The van der Waals surface area contributed by atoms with Crippen LogP contribution in [-0.4, -0.2) is 49.1 Å². The molecule has 1 amide bonds. The summed E-state index contributed by atoms with van der Waals surface area (Å²) >= 11 is 0. The van der Waals surface area contributed by atoms with Gasteiger partial charge in [0.15, 0.2) is 0 Å². The van der Waals surface area contributed by atoms with E-state index in [1.807, 2.05) is 0 Å². The topological polar surface area (TPSA) is 113 Å². The van der Waals surface area contributed by atoms with Crippen molar-refractivity contribution in [2.45, 2.75) is 22.4 Å². The number of hydrogen-bond donors (Lipinski definition) is 2. The number of anilines is 1. The lowest BCUT2D eigenvalue weighted by Gasteiger charge is -2.20. The van der Waals surface area contributed by atoms with Crippen LogP contribution in [0.3, 0.4) is 0 Å². The van der Waals surface area contributed by atoms with Gasteiger partial charge in [0.05, 0.1) is 15.5 Å². The second kappa shape index (κ2) is 8.13. The van der Waals surface area contributed by atoms with Crippen LogP contribution in [0.5, 0.6) is 0 Å². The Morgan fingerprint density at radius 2 is 1.77 bits per heavy atom. The summed E-state index contributed by atoms with van der Waals surface area (Å²) in [5.41, 5.74) is 0.571. The number of carbonyl (C=O) groups is 1. The van der Waals surface area contributed by atoms with Gasteiger partial charge >= 0.3 is 6.18 Å². The number of amides is 1. The molecular formula is C18H18F3N3O5S2. The maximum atomic E-state index is 13.1. The van der Waals surface area contributed by atoms with Crippen LogP contribution in [-0.2, 0) is 26.5 Å². The normalized spacial score (nSPS) is 14.4. The highest BCUT2D eigenvalue weighted by molar-refractivity contribution is 7.92. The summed E-state index contributed by atoms with van der Waals surface area (Å²) in [6.45, 7) is -1.49. The molecule has 1 heterocycles. The quantitative estimate of drug-likeness (QED) is 0.657. The molecule has 0 bridgehead atoms. The average Bonchev–Trinajstić information content (AvgIpc) is 3.15. The molecule has 13 heteroatoms. The first-order chi connectivity index (χ1) is 14.3. The van der Waals surface area contributed by atoms with Crippen molar-refractivity contribution in [3.05, 3.63) is 53.6 Å². The third-order valence-electron chi connectivity index (χ3n) is 4.62. The van der Waals surface area contributed by atoms with E-state index in [4.69, 9.17) is 0 Å². The van der Waals surface area contributed by atoms with Crippen LogP contribution in [0.15, 0.2) is 52.3 Å². The molecule has 2 aromatic carbocycles. The Kier molecular flexibility index (Phi) is 6.04.